The lowest BCUT2D eigenvalue weighted by Gasteiger charge is -2.23. The molecular formula is C5H2ClF7. The Morgan fingerprint density at radius 2 is 1.54 bits per heavy atom. The third-order valence-electron chi connectivity index (χ3n) is 1.09. The van der Waals surface area contributed by atoms with Crippen molar-refractivity contribution in [3.63, 3.8) is 0 Å². The standard InChI is InChI=1S/C5H2ClF7/c6-1-2(7)4(10,11)5(12,13)3(8)9/h1,3H. The highest BCUT2D eigenvalue weighted by Crippen LogP contribution is 2.44. The molecule has 8 heteroatoms. The van der Waals surface area contributed by atoms with Crippen molar-refractivity contribution < 1.29 is 30.7 Å². The molecule has 0 fully saturated rings. The van der Waals surface area contributed by atoms with E-state index >= 15 is 0 Å². The zero-order valence-electron chi connectivity index (χ0n) is 5.68. The summed E-state index contributed by atoms with van der Waals surface area (Å²) in [4.78, 5) is 0. The molecule has 0 nitrogen and oxygen atoms in total. The maximum atomic E-state index is 12.1. The summed E-state index contributed by atoms with van der Waals surface area (Å²) < 4.78 is 82.6. The molecule has 0 amide bonds. The van der Waals surface area contributed by atoms with E-state index in [1.165, 1.54) is 0 Å². The summed E-state index contributed by atoms with van der Waals surface area (Å²) in [6.45, 7) is 0. The molecule has 0 radical (unpaired) electrons. The number of hydrogen-bond donors (Lipinski definition) is 0. The van der Waals surface area contributed by atoms with E-state index in [4.69, 9.17) is 0 Å². The summed E-state index contributed by atoms with van der Waals surface area (Å²) in [6, 6.07) is 0. The Kier molecular flexibility index (Phi) is 3.60. The molecule has 0 aliphatic rings. The van der Waals surface area contributed by atoms with Gasteiger partial charge in [0.05, 0.1) is 0 Å². The van der Waals surface area contributed by atoms with Crippen molar-refractivity contribution in [1.82, 2.24) is 0 Å². The summed E-state index contributed by atoms with van der Waals surface area (Å²) in [6.07, 6.45) is -4.68. The number of hydrogen-bond acceptors (Lipinski definition) is 0. The van der Waals surface area contributed by atoms with Crippen LogP contribution >= 0.6 is 11.6 Å². The average Bonchev–Trinajstić information content (AvgIpc) is 2.02. The first-order valence-corrected chi connectivity index (χ1v) is 3.11. The molecule has 0 N–H and O–H groups in total. The molecule has 0 bridgehead atoms. The van der Waals surface area contributed by atoms with Crippen molar-refractivity contribution in [2.24, 2.45) is 0 Å². The van der Waals surface area contributed by atoms with Crippen LogP contribution in [0.1, 0.15) is 0 Å². The molecule has 0 spiro atoms. The van der Waals surface area contributed by atoms with Crippen LogP contribution < -0.4 is 0 Å². The normalized spacial score (nSPS) is 15.3. The molecule has 0 aromatic carbocycles. The molecule has 0 heterocycles. The molecule has 0 aliphatic carbocycles. The van der Waals surface area contributed by atoms with E-state index in [0.29, 0.717) is 0 Å². The lowest BCUT2D eigenvalue weighted by Crippen LogP contribution is -2.46. The van der Waals surface area contributed by atoms with Crippen LogP contribution in [0.3, 0.4) is 0 Å². The Bertz CT molecular complexity index is 209. The monoisotopic (exact) mass is 230 g/mol. The van der Waals surface area contributed by atoms with Crippen LogP contribution in [-0.2, 0) is 0 Å². The van der Waals surface area contributed by atoms with Crippen molar-refractivity contribution in [3.8, 4) is 0 Å². The van der Waals surface area contributed by atoms with Gasteiger partial charge in [0.15, 0.2) is 5.83 Å². The van der Waals surface area contributed by atoms with Gasteiger partial charge in [-0.1, -0.05) is 11.6 Å². The largest absolute Gasteiger partial charge is 0.376 e. The summed E-state index contributed by atoms with van der Waals surface area (Å²) >= 11 is 4.35. The summed E-state index contributed by atoms with van der Waals surface area (Å²) in [5, 5.41) is 0. The second kappa shape index (κ2) is 3.73. The van der Waals surface area contributed by atoms with Crippen molar-refractivity contribution in [2.45, 2.75) is 18.3 Å². The second-order valence-corrected chi connectivity index (χ2v) is 2.17. The smallest absolute Gasteiger partial charge is 0.204 e. The van der Waals surface area contributed by atoms with Gasteiger partial charge in [-0.3, -0.25) is 0 Å². The van der Waals surface area contributed by atoms with Gasteiger partial charge in [0.1, 0.15) is 0 Å². The zero-order valence-corrected chi connectivity index (χ0v) is 6.43. The number of alkyl halides is 6. The van der Waals surface area contributed by atoms with Gasteiger partial charge in [0.2, 0.25) is 0 Å². The minimum absolute atomic E-state index is 0.518. The minimum Gasteiger partial charge on any atom is -0.204 e. The van der Waals surface area contributed by atoms with Gasteiger partial charge in [0.25, 0.3) is 0 Å². The first-order valence-electron chi connectivity index (χ1n) is 2.68. The quantitative estimate of drug-likeness (QED) is 0.650. The van der Waals surface area contributed by atoms with E-state index in [9.17, 15) is 30.7 Å². The molecule has 78 valence electrons. The van der Waals surface area contributed by atoms with Crippen molar-refractivity contribution >= 4 is 11.6 Å². The molecule has 0 saturated heterocycles. The lowest BCUT2D eigenvalue weighted by atomic mass is 10.1. The number of halogens is 8. The van der Waals surface area contributed by atoms with Crippen molar-refractivity contribution in [1.29, 1.82) is 0 Å². The predicted molar refractivity (Wildman–Crippen MR) is 30.9 cm³/mol. The highest BCUT2D eigenvalue weighted by Gasteiger charge is 2.65. The lowest BCUT2D eigenvalue weighted by molar-refractivity contribution is -0.252. The van der Waals surface area contributed by atoms with Crippen molar-refractivity contribution in [2.75, 3.05) is 0 Å². The van der Waals surface area contributed by atoms with E-state index < -0.39 is 29.6 Å². The third kappa shape index (κ3) is 2.07. The Morgan fingerprint density at radius 3 is 1.77 bits per heavy atom. The predicted octanol–water partition coefficient (Wildman–Crippen LogP) is 3.57. The van der Waals surface area contributed by atoms with Gasteiger partial charge in [-0.25, -0.2) is 13.2 Å². The van der Waals surface area contributed by atoms with E-state index in [1.54, 1.807) is 0 Å². The van der Waals surface area contributed by atoms with Gasteiger partial charge < -0.3 is 0 Å². The molecule has 0 aromatic heterocycles. The van der Waals surface area contributed by atoms with E-state index in [-0.39, 0.29) is 0 Å². The van der Waals surface area contributed by atoms with Gasteiger partial charge in [-0.05, 0) is 0 Å². The second-order valence-electron chi connectivity index (χ2n) is 1.96. The average molecular weight is 231 g/mol. The molecule has 0 atom stereocenters. The molecule has 13 heavy (non-hydrogen) atoms. The first kappa shape index (κ1) is 12.5. The number of rotatable bonds is 3. The SMILES string of the molecule is FC(=CCl)C(F)(F)C(F)(F)C(F)F. The van der Waals surface area contributed by atoms with E-state index in [0.717, 1.165) is 0 Å². The Hall–Kier alpha value is -0.460. The summed E-state index contributed by atoms with van der Waals surface area (Å²) in [7, 11) is 0. The first-order chi connectivity index (χ1) is 5.67. The summed E-state index contributed by atoms with van der Waals surface area (Å²) in [5.41, 5.74) is -0.518. The van der Waals surface area contributed by atoms with Crippen LogP contribution in [0.4, 0.5) is 30.7 Å². The van der Waals surface area contributed by atoms with Crippen LogP contribution in [0.25, 0.3) is 0 Å². The van der Waals surface area contributed by atoms with Crippen LogP contribution in [0.2, 0.25) is 0 Å². The van der Waals surface area contributed by atoms with Crippen LogP contribution in [0.15, 0.2) is 11.4 Å². The van der Waals surface area contributed by atoms with Gasteiger partial charge >= 0.3 is 18.3 Å². The Morgan fingerprint density at radius 1 is 1.15 bits per heavy atom. The zero-order chi connectivity index (χ0) is 10.9. The molecule has 0 aromatic rings. The topological polar surface area (TPSA) is 0 Å². The van der Waals surface area contributed by atoms with Gasteiger partial charge in [0, 0.05) is 5.54 Å². The molecule has 0 unspecified atom stereocenters. The van der Waals surface area contributed by atoms with Crippen LogP contribution in [0.5, 0.6) is 0 Å². The molecule has 0 rings (SSSR count). The molecular weight excluding hydrogens is 228 g/mol. The highest BCUT2D eigenvalue weighted by atomic mass is 35.5. The maximum Gasteiger partial charge on any atom is 0.376 e. The third-order valence-corrected chi connectivity index (χ3v) is 1.28. The highest BCUT2D eigenvalue weighted by molar-refractivity contribution is 6.25. The summed E-state index contributed by atoms with van der Waals surface area (Å²) in [5.74, 6) is -14.2. The number of allylic oxidation sites excluding steroid dienone is 1. The van der Waals surface area contributed by atoms with Crippen LogP contribution in [-0.4, -0.2) is 18.3 Å². The van der Waals surface area contributed by atoms with E-state index in [2.05, 4.69) is 11.6 Å². The fourth-order valence-electron chi connectivity index (χ4n) is 0.365. The van der Waals surface area contributed by atoms with E-state index in [1.807, 2.05) is 0 Å². The van der Waals surface area contributed by atoms with Gasteiger partial charge in [-0.15, -0.1) is 0 Å². The molecule has 0 aliphatic heterocycles. The Labute approximate surface area is 73.0 Å². The fourth-order valence-corrected chi connectivity index (χ4v) is 0.502. The van der Waals surface area contributed by atoms with Gasteiger partial charge in [-0.2, -0.15) is 17.6 Å². The maximum absolute atomic E-state index is 12.1. The minimum atomic E-state index is -5.78. The fraction of sp³-hybridized carbons (Fsp3) is 0.600. The Balaban J connectivity index is 5.03. The van der Waals surface area contributed by atoms with Crippen molar-refractivity contribution in [3.05, 3.63) is 11.4 Å². The van der Waals surface area contributed by atoms with Crippen LogP contribution in [0, 0.1) is 0 Å². The molecule has 0 saturated carbocycles.